The van der Waals surface area contributed by atoms with E-state index in [-0.39, 0.29) is 36.4 Å². The summed E-state index contributed by atoms with van der Waals surface area (Å²) in [6.07, 6.45) is 3.94. The zero-order chi connectivity index (χ0) is 28.5. The minimum Gasteiger partial charge on any atom is -0.465 e. The number of rotatable bonds is 11. The number of benzene rings is 1. The van der Waals surface area contributed by atoms with Crippen molar-refractivity contribution in [3.8, 4) is 0 Å². The summed E-state index contributed by atoms with van der Waals surface area (Å²) in [5, 5.41) is 10.6. The molecule has 1 aromatic rings. The lowest BCUT2D eigenvalue weighted by Crippen LogP contribution is -2.62. The highest BCUT2D eigenvalue weighted by atomic mass is 79.9. The number of carbonyl (C=O) groups is 3. The molecule has 2 bridgehead atoms. The second-order valence-corrected chi connectivity index (χ2v) is 12.8. The molecule has 3 aliphatic heterocycles. The highest BCUT2D eigenvalue weighted by molar-refractivity contribution is 9.09. The van der Waals surface area contributed by atoms with Crippen LogP contribution in [-0.4, -0.2) is 86.6 Å². The summed E-state index contributed by atoms with van der Waals surface area (Å²) in [5.41, 5.74) is -0.881. The van der Waals surface area contributed by atoms with Gasteiger partial charge in [0.05, 0.1) is 37.2 Å². The lowest BCUT2D eigenvalue weighted by atomic mass is 9.70. The Morgan fingerprint density at radius 3 is 2.56 bits per heavy atom. The molecule has 9 heteroatoms. The maximum Gasteiger partial charge on any atom is 0.312 e. The number of halogens is 1. The van der Waals surface area contributed by atoms with Crippen molar-refractivity contribution in [2.45, 2.75) is 74.2 Å². The molecular weight excluding hydrogens is 564 g/mol. The molecule has 0 saturated carbocycles. The number of aliphatic hydroxyl groups excluding tert-OH is 1. The number of hydrogen-bond donors (Lipinski definition) is 1. The number of alkyl halides is 1. The predicted octanol–water partition coefficient (Wildman–Crippen LogP) is 3.27. The molecule has 3 unspecified atom stereocenters. The number of likely N-dealkylation sites (tertiary alicyclic amines) is 1. The Morgan fingerprint density at radius 2 is 1.97 bits per heavy atom. The Hall–Kier alpha value is -2.49. The van der Waals surface area contributed by atoms with Crippen LogP contribution in [-0.2, 0) is 30.3 Å². The van der Waals surface area contributed by atoms with Gasteiger partial charge in [-0.3, -0.25) is 14.4 Å². The molecule has 0 radical (unpaired) electrons. The van der Waals surface area contributed by atoms with Gasteiger partial charge in [-0.2, -0.15) is 0 Å². The van der Waals surface area contributed by atoms with Crippen molar-refractivity contribution >= 4 is 33.7 Å². The van der Waals surface area contributed by atoms with E-state index < -0.39 is 47.1 Å². The average molecular weight is 604 g/mol. The van der Waals surface area contributed by atoms with Crippen molar-refractivity contribution in [3.05, 3.63) is 61.2 Å². The van der Waals surface area contributed by atoms with Crippen molar-refractivity contribution in [1.29, 1.82) is 0 Å². The van der Waals surface area contributed by atoms with Gasteiger partial charge in [-0.1, -0.05) is 58.4 Å². The molecule has 7 atom stereocenters. The third-order valence-electron chi connectivity index (χ3n) is 8.11. The molecule has 3 saturated heterocycles. The Morgan fingerprint density at radius 1 is 1.28 bits per heavy atom. The van der Waals surface area contributed by atoms with E-state index in [0.29, 0.717) is 19.3 Å². The number of aliphatic hydroxyl groups is 1. The van der Waals surface area contributed by atoms with Crippen molar-refractivity contribution in [2.24, 2.45) is 11.8 Å². The van der Waals surface area contributed by atoms with Crippen LogP contribution in [0.4, 0.5) is 0 Å². The van der Waals surface area contributed by atoms with Gasteiger partial charge in [0.1, 0.15) is 11.6 Å². The standard InChI is InChI=1S/C30H39BrN2O6/c1-6-8-15-38-28(37)22-23-26(35)33(20(18-34)16-19-12-10-9-11-13-19)25(30(23)17-21(31)24(22)39-30)27(36)32(14-7-2)29(3,4)5/h6-7,9-13,20-25,34H,1-2,8,14-18H2,3-5H3/t20-,21?,22+,23+,24+,25?,30?/m1/s1. The van der Waals surface area contributed by atoms with Crippen LogP contribution in [0.15, 0.2) is 55.6 Å². The van der Waals surface area contributed by atoms with Gasteiger partial charge in [0.25, 0.3) is 0 Å². The minimum absolute atomic E-state index is 0.156. The summed E-state index contributed by atoms with van der Waals surface area (Å²) in [4.78, 5) is 45.2. The smallest absolute Gasteiger partial charge is 0.312 e. The van der Waals surface area contributed by atoms with Crippen molar-refractivity contribution in [3.63, 3.8) is 0 Å². The molecule has 39 heavy (non-hydrogen) atoms. The third-order valence-corrected chi connectivity index (χ3v) is 8.95. The summed E-state index contributed by atoms with van der Waals surface area (Å²) in [6, 6.07) is 7.83. The molecule has 0 aliphatic carbocycles. The van der Waals surface area contributed by atoms with E-state index in [1.165, 1.54) is 4.90 Å². The zero-order valence-corrected chi connectivity index (χ0v) is 24.5. The molecule has 212 valence electrons. The first-order valence-corrected chi connectivity index (χ1v) is 14.4. The molecule has 3 fully saturated rings. The first-order valence-electron chi connectivity index (χ1n) is 13.5. The summed E-state index contributed by atoms with van der Waals surface area (Å²) < 4.78 is 12.1. The molecule has 3 aliphatic rings. The van der Waals surface area contributed by atoms with E-state index in [9.17, 15) is 19.5 Å². The van der Waals surface area contributed by atoms with Crippen LogP contribution in [0.3, 0.4) is 0 Å². The van der Waals surface area contributed by atoms with Gasteiger partial charge in [0.2, 0.25) is 11.8 Å². The quantitative estimate of drug-likeness (QED) is 0.181. The Balaban J connectivity index is 1.80. The van der Waals surface area contributed by atoms with E-state index >= 15 is 0 Å². The minimum atomic E-state index is -1.23. The van der Waals surface area contributed by atoms with Crippen molar-refractivity contribution in [2.75, 3.05) is 19.8 Å². The van der Waals surface area contributed by atoms with Crippen LogP contribution in [0.25, 0.3) is 0 Å². The van der Waals surface area contributed by atoms with Crippen LogP contribution in [0.5, 0.6) is 0 Å². The van der Waals surface area contributed by atoms with Gasteiger partial charge in [-0.25, -0.2) is 0 Å². The van der Waals surface area contributed by atoms with E-state index in [4.69, 9.17) is 9.47 Å². The number of nitrogens with zero attached hydrogens (tertiary/aromatic N) is 2. The van der Waals surface area contributed by atoms with E-state index in [0.717, 1.165) is 5.56 Å². The van der Waals surface area contributed by atoms with Gasteiger partial charge >= 0.3 is 5.97 Å². The molecule has 2 amide bonds. The Labute approximate surface area is 239 Å². The molecule has 0 aromatic heterocycles. The van der Waals surface area contributed by atoms with E-state index in [1.807, 2.05) is 51.1 Å². The summed E-state index contributed by atoms with van der Waals surface area (Å²) in [7, 11) is 0. The highest BCUT2D eigenvalue weighted by Crippen LogP contribution is 2.61. The predicted molar refractivity (Wildman–Crippen MR) is 151 cm³/mol. The second kappa shape index (κ2) is 11.6. The largest absolute Gasteiger partial charge is 0.465 e. The molecule has 1 spiro atoms. The number of hydrogen-bond acceptors (Lipinski definition) is 6. The zero-order valence-electron chi connectivity index (χ0n) is 22.9. The van der Waals surface area contributed by atoms with Crippen LogP contribution < -0.4 is 0 Å². The first kappa shape index (κ1) is 29.5. The molecule has 8 nitrogen and oxygen atoms in total. The Kier molecular flexibility index (Phi) is 8.73. The van der Waals surface area contributed by atoms with Crippen LogP contribution in [0.1, 0.15) is 39.2 Å². The molecule has 1 aromatic carbocycles. The van der Waals surface area contributed by atoms with Crippen LogP contribution in [0, 0.1) is 11.8 Å². The maximum absolute atomic E-state index is 14.5. The van der Waals surface area contributed by atoms with Gasteiger partial charge < -0.3 is 24.4 Å². The normalized spacial score (nSPS) is 30.1. The maximum atomic E-state index is 14.5. The molecule has 3 heterocycles. The SMILES string of the molecule is C=CCCOC(=O)[C@H]1[C@H]2C(=O)N([C@@H](CO)Cc3ccccc3)C(C(=O)N(CC=C)C(C)(C)C)C23CC(Br)[C@@H]1O3. The number of amides is 2. The van der Waals surface area contributed by atoms with E-state index in [2.05, 4.69) is 29.1 Å². The first-order chi connectivity index (χ1) is 18.5. The Bertz CT molecular complexity index is 1100. The van der Waals surface area contributed by atoms with Crippen LogP contribution in [0.2, 0.25) is 0 Å². The van der Waals surface area contributed by atoms with Gasteiger partial charge in [-0.15, -0.1) is 13.2 Å². The number of ether oxygens (including phenoxy) is 2. The number of fused-ring (bicyclic) bond motifs is 1. The fraction of sp³-hybridized carbons (Fsp3) is 0.567. The molecule has 1 N–H and O–H groups in total. The summed E-state index contributed by atoms with van der Waals surface area (Å²) >= 11 is 3.68. The number of esters is 1. The second-order valence-electron chi connectivity index (χ2n) is 11.6. The lowest BCUT2D eigenvalue weighted by Gasteiger charge is -2.43. The summed E-state index contributed by atoms with van der Waals surface area (Å²) in [5.74, 6) is -2.91. The van der Waals surface area contributed by atoms with Crippen molar-refractivity contribution < 1.29 is 29.0 Å². The van der Waals surface area contributed by atoms with Gasteiger partial charge in [0.15, 0.2) is 0 Å². The number of carbonyl (C=O) groups excluding carboxylic acids is 3. The van der Waals surface area contributed by atoms with Gasteiger partial charge in [-0.05, 0) is 45.6 Å². The molecular formula is C30H39BrN2O6. The third kappa shape index (κ3) is 5.21. The van der Waals surface area contributed by atoms with E-state index in [1.54, 1.807) is 17.1 Å². The highest BCUT2D eigenvalue weighted by Gasteiger charge is 2.77. The van der Waals surface area contributed by atoms with Gasteiger partial charge in [0, 0.05) is 16.9 Å². The fourth-order valence-electron chi connectivity index (χ4n) is 6.46. The average Bonchev–Trinajstić information content (AvgIpc) is 3.49. The molecule has 4 rings (SSSR count). The monoisotopic (exact) mass is 602 g/mol. The lowest BCUT2D eigenvalue weighted by molar-refractivity contribution is -0.157. The van der Waals surface area contributed by atoms with Crippen molar-refractivity contribution in [1.82, 2.24) is 9.80 Å². The topological polar surface area (TPSA) is 96.4 Å². The summed E-state index contributed by atoms with van der Waals surface area (Å²) in [6.45, 7) is 13.4. The van der Waals surface area contributed by atoms with Crippen LogP contribution >= 0.6 is 15.9 Å². The fourth-order valence-corrected chi connectivity index (χ4v) is 7.40.